The van der Waals surface area contributed by atoms with Crippen LogP contribution in [-0.4, -0.2) is 31.0 Å². The molecule has 2 aromatic carbocycles. The smallest absolute Gasteiger partial charge is 0.235 e. The normalized spacial score (nSPS) is 11.0. The van der Waals surface area contributed by atoms with Crippen molar-refractivity contribution >= 4 is 23.5 Å². The first-order valence-electron chi connectivity index (χ1n) is 9.78. The van der Waals surface area contributed by atoms with Gasteiger partial charge in [0.05, 0.1) is 23.8 Å². The number of amides is 1. The van der Waals surface area contributed by atoms with Gasteiger partial charge in [0.25, 0.3) is 0 Å². The van der Waals surface area contributed by atoms with Gasteiger partial charge in [0.2, 0.25) is 5.91 Å². The second-order valence-electron chi connectivity index (χ2n) is 7.05. The molecule has 0 spiro atoms. The Morgan fingerprint density at radius 3 is 2.43 bits per heavy atom. The number of nitrogens with one attached hydrogen (secondary N) is 1. The van der Waals surface area contributed by atoms with Gasteiger partial charge in [-0.15, -0.1) is 0 Å². The molecule has 2 aromatic heterocycles. The van der Waals surface area contributed by atoms with E-state index in [1.807, 2.05) is 68.6 Å². The maximum atomic E-state index is 12.6. The van der Waals surface area contributed by atoms with Crippen molar-refractivity contribution in [1.29, 1.82) is 0 Å². The summed E-state index contributed by atoms with van der Waals surface area (Å²) in [6.45, 7) is 4.05. The average Bonchev–Trinajstić information content (AvgIpc) is 3.40. The number of carbonyl (C=O) groups excluding carboxylic acids is 1. The number of rotatable bonds is 7. The number of para-hydroxylation sites is 1. The van der Waals surface area contributed by atoms with Crippen LogP contribution in [0.2, 0.25) is 0 Å². The zero-order chi connectivity index (χ0) is 20.9. The molecule has 4 rings (SSSR count). The van der Waals surface area contributed by atoms with E-state index < -0.39 is 0 Å². The van der Waals surface area contributed by atoms with Crippen LogP contribution >= 0.6 is 11.8 Å². The van der Waals surface area contributed by atoms with Crippen LogP contribution in [0.15, 0.2) is 84.3 Å². The Balaban J connectivity index is 1.56. The van der Waals surface area contributed by atoms with Crippen LogP contribution in [0.5, 0.6) is 0 Å². The number of nitrogens with zero attached hydrogens (tertiary/aromatic N) is 4. The van der Waals surface area contributed by atoms with Crippen molar-refractivity contribution < 1.29 is 4.79 Å². The predicted molar refractivity (Wildman–Crippen MR) is 121 cm³/mol. The highest BCUT2D eigenvalue weighted by Gasteiger charge is 2.16. The molecule has 7 heteroatoms. The van der Waals surface area contributed by atoms with Crippen molar-refractivity contribution in [3.8, 4) is 16.9 Å². The van der Waals surface area contributed by atoms with Gasteiger partial charge < -0.3 is 5.32 Å². The maximum Gasteiger partial charge on any atom is 0.235 e. The molecule has 0 aliphatic rings. The summed E-state index contributed by atoms with van der Waals surface area (Å²) in [5.74, 6) is 0.861. The van der Waals surface area contributed by atoms with E-state index in [0.717, 1.165) is 22.1 Å². The largest absolute Gasteiger partial charge is 0.310 e. The average molecular weight is 418 g/mol. The first-order chi connectivity index (χ1) is 14.6. The molecule has 0 bridgehead atoms. The summed E-state index contributed by atoms with van der Waals surface area (Å²) in [5, 5.41) is 7.97. The van der Waals surface area contributed by atoms with E-state index in [2.05, 4.69) is 32.1 Å². The highest BCUT2D eigenvalue weighted by atomic mass is 32.2. The van der Waals surface area contributed by atoms with E-state index in [-0.39, 0.29) is 17.7 Å². The molecule has 0 fully saturated rings. The quantitative estimate of drug-likeness (QED) is 0.428. The second-order valence-corrected chi connectivity index (χ2v) is 8.00. The van der Waals surface area contributed by atoms with Gasteiger partial charge in [-0.05, 0) is 26.0 Å². The van der Waals surface area contributed by atoms with Crippen molar-refractivity contribution in [2.45, 2.75) is 25.0 Å². The van der Waals surface area contributed by atoms with E-state index >= 15 is 0 Å². The fourth-order valence-corrected chi connectivity index (χ4v) is 4.00. The van der Waals surface area contributed by atoms with Crippen LogP contribution in [0.1, 0.15) is 19.9 Å². The number of anilines is 1. The van der Waals surface area contributed by atoms with Gasteiger partial charge >= 0.3 is 0 Å². The predicted octanol–water partition coefficient (Wildman–Crippen LogP) is 5.05. The monoisotopic (exact) mass is 417 g/mol. The van der Waals surface area contributed by atoms with E-state index in [1.54, 1.807) is 16.9 Å². The first-order valence-corrected chi connectivity index (χ1v) is 10.8. The highest BCUT2D eigenvalue weighted by Crippen LogP contribution is 2.29. The van der Waals surface area contributed by atoms with Gasteiger partial charge in [-0.1, -0.05) is 60.3 Å². The standard InChI is InChI=1S/C23H23N5OS/c1-17(2)28-21(13-14-25-28)26-22(29)16-30-23-24-15-20(18-9-5-3-6-10-18)27(23)19-11-7-4-8-12-19/h3-15,17H,16H2,1-2H3,(H,26,29). The van der Waals surface area contributed by atoms with Crippen molar-refractivity contribution in [3.63, 3.8) is 0 Å². The van der Waals surface area contributed by atoms with Gasteiger partial charge in [-0.3, -0.25) is 9.36 Å². The molecule has 1 N–H and O–H groups in total. The molecule has 152 valence electrons. The Kier molecular flexibility index (Phi) is 5.99. The minimum absolute atomic E-state index is 0.0914. The molecule has 1 amide bonds. The maximum absolute atomic E-state index is 12.6. The van der Waals surface area contributed by atoms with Gasteiger partial charge in [-0.25, -0.2) is 9.67 Å². The number of carbonyl (C=O) groups is 1. The topological polar surface area (TPSA) is 64.7 Å². The third-order valence-electron chi connectivity index (χ3n) is 4.57. The molecule has 0 saturated heterocycles. The van der Waals surface area contributed by atoms with E-state index in [1.165, 1.54) is 11.8 Å². The van der Waals surface area contributed by atoms with Crippen LogP contribution in [-0.2, 0) is 4.79 Å². The summed E-state index contributed by atoms with van der Waals surface area (Å²) in [6, 6.07) is 22.2. The summed E-state index contributed by atoms with van der Waals surface area (Å²) in [7, 11) is 0. The third kappa shape index (κ3) is 4.31. The Morgan fingerprint density at radius 2 is 1.73 bits per heavy atom. The SMILES string of the molecule is CC(C)n1nccc1NC(=O)CSc1ncc(-c2ccccc2)n1-c1ccccc1. The van der Waals surface area contributed by atoms with Crippen molar-refractivity contribution in [1.82, 2.24) is 19.3 Å². The lowest BCUT2D eigenvalue weighted by Crippen LogP contribution is -2.18. The number of hydrogen-bond acceptors (Lipinski definition) is 4. The first kappa shape index (κ1) is 20.0. The molecule has 4 aromatic rings. The molecule has 2 heterocycles. The van der Waals surface area contributed by atoms with Crippen LogP contribution in [0, 0.1) is 0 Å². The number of imidazole rings is 1. The van der Waals surface area contributed by atoms with Crippen molar-refractivity contribution in [3.05, 3.63) is 79.1 Å². The zero-order valence-corrected chi connectivity index (χ0v) is 17.7. The molecule has 0 unspecified atom stereocenters. The Morgan fingerprint density at radius 1 is 1.03 bits per heavy atom. The van der Waals surface area contributed by atoms with Gasteiger partial charge in [0.15, 0.2) is 5.16 Å². The number of benzene rings is 2. The van der Waals surface area contributed by atoms with Crippen LogP contribution in [0.3, 0.4) is 0 Å². The van der Waals surface area contributed by atoms with Crippen molar-refractivity contribution in [2.75, 3.05) is 11.1 Å². The van der Waals surface area contributed by atoms with Gasteiger partial charge in [0.1, 0.15) is 5.82 Å². The summed E-state index contributed by atoms with van der Waals surface area (Å²) >= 11 is 1.41. The Labute approximate surface area is 180 Å². The molecular weight excluding hydrogens is 394 g/mol. The summed E-state index contributed by atoms with van der Waals surface area (Å²) < 4.78 is 3.88. The minimum atomic E-state index is -0.0914. The lowest BCUT2D eigenvalue weighted by molar-refractivity contribution is -0.113. The Hall–Kier alpha value is -3.32. The zero-order valence-electron chi connectivity index (χ0n) is 16.9. The molecule has 0 saturated carbocycles. The molecule has 6 nitrogen and oxygen atoms in total. The van der Waals surface area contributed by atoms with Gasteiger partial charge in [0, 0.05) is 23.4 Å². The highest BCUT2D eigenvalue weighted by molar-refractivity contribution is 7.99. The second kappa shape index (κ2) is 9.00. The summed E-state index contributed by atoms with van der Waals surface area (Å²) in [4.78, 5) is 17.2. The van der Waals surface area contributed by atoms with E-state index in [4.69, 9.17) is 0 Å². The number of hydrogen-bond donors (Lipinski definition) is 1. The van der Waals surface area contributed by atoms with Crippen LogP contribution < -0.4 is 5.32 Å². The number of aromatic nitrogens is 4. The molecular formula is C23H23N5OS. The molecule has 0 atom stereocenters. The van der Waals surface area contributed by atoms with Crippen LogP contribution in [0.4, 0.5) is 5.82 Å². The molecule has 0 aliphatic carbocycles. The van der Waals surface area contributed by atoms with Crippen LogP contribution in [0.25, 0.3) is 16.9 Å². The summed E-state index contributed by atoms with van der Waals surface area (Å²) in [5.41, 5.74) is 3.07. The Bertz CT molecular complexity index is 1120. The molecule has 0 aliphatic heterocycles. The lowest BCUT2D eigenvalue weighted by Gasteiger charge is -2.13. The van der Waals surface area contributed by atoms with Gasteiger partial charge in [-0.2, -0.15) is 5.10 Å². The minimum Gasteiger partial charge on any atom is -0.310 e. The lowest BCUT2D eigenvalue weighted by atomic mass is 10.1. The molecule has 0 radical (unpaired) electrons. The molecule has 30 heavy (non-hydrogen) atoms. The fraction of sp³-hybridized carbons (Fsp3) is 0.174. The summed E-state index contributed by atoms with van der Waals surface area (Å²) in [6.07, 6.45) is 3.55. The number of thioether (sulfide) groups is 1. The third-order valence-corrected chi connectivity index (χ3v) is 5.53. The van der Waals surface area contributed by atoms with Crippen molar-refractivity contribution in [2.24, 2.45) is 0 Å². The van der Waals surface area contributed by atoms with E-state index in [0.29, 0.717) is 5.82 Å². The van der Waals surface area contributed by atoms with E-state index in [9.17, 15) is 4.79 Å². The fourth-order valence-electron chi connectivity index (χ4n) is 3.21.